The van der Waals surface area contributed by atoms with Crippen molar-refractivity contribution in [1.82, 2.24) is 9.97 Å². The Morgan fingerprint density at radius 2 is 1.31 bits per heavy atom. The van der Waals surface area contributed by atoms with Crippen LogP contribution in [0.15, 0.2) is 95.7 Å². The largest absolute Gasteiger partial charge is 0.501 e. The van der Waals surface area contributed by atoms with Crippen molar-refractivity contribution in [1.29, 1.82) is 0 Å². The van der Waals surface area contributed by atoms with Gasteiger partial charge >= 0.3 is 0 Å². The smallest absolute Gasteiger partial charge is 0.120 e. The van der Waals surface area contributed by atoms with Crippen LogP contribution in [0.3, 0.4) is 0 Å². The molecule has 0 saturated carbocycles. The quantitative estimate of drug-likeness (QED) is 0.130. The van der Waals surface area contributed by atoms with Crippen LogP contribution in [-0.4, -0.2) is 18.0 Å². The predicted octanol–water partition coefficient (Wildman–Crippen LogP) is 11.8. The molecule has 0 amide bonds. The van der Waals surface area contributed by atoms with Crippen molar-refractivity contribution >= 4 is 35.2 Å². The van der Waals surface area contributed by atoms with E-state index in [1.165, 1.54) is 124 Å². The number of hydrogen-bond acceptors (Lipinski definition) is 3. The first-order chi connectivity index (χ1) is 25.9. The van der Waals surface area contributed by atoms with Gasteiger partial charge in [0.25, 0.3) is 0 Å². The molecule has 0 saturated heterocycles. The number of fused-ring (bicyclic) bond motifs is 6. The molecule has 0 spiro atoms. The van der Waals surface area contributed by atoms with Gasteiger partial charge in [-0.2, -0.15) is 0 Å². The molecule has 3 nitrogen and oxygen atoms in total. The SMILES string of the molecule is C[Si](C)(C)c1ccc(-c2[c-]ccc3c2CCCC3)nc1.[Ir].[c-]1cc(-c2cccc3c2CCCC3)c2c(oc3ccccc32)c1-c1nccc2c1CCCC2. The Labute approximate surface area is 335 Å². The van der Waals surface area contributed by atoms with Crippen molar-refractivity contribution in [2.24, 2.45) is 0 Å². The molecule has 0 bridgehead atoms. The number of aryl methyl sites for hydroxylation is 3. The van der Waals surface area contributed by atoms with Crippen molar-refractivity contribution in [3.8, 4) is 33.6 Å². The third kappa shape index (κ3) is 6.96. The van der Waals surface area contributed by atoms with Crippen LogP contribution in [0.5, 0.6) is 0 Å². The molecular weight excluding hydrogens is 853 g/mol. The minimum atomic E-state index is -1.26. The van der Waals surface area contributed by atoms with Crippen LogP contribution < -0.4 is 5.19 Å². The molecule has 3 aromatic heterocycles. The van der Waals surface area contributed by atoms with Crippen LogP contribution in [0.2, 0.25) is 19.6 Å². The van der Waals surface area contributed by atoms with Crippen LogP contribution in [0, 0.1) is 12.1 Å². The number of nitrogens with zero attached hydrogens (tertiary/aromatic N) is 2. The topological polar surface area (TPSA) is 38.9 Å². The van der Waals surface area contributed by atoms with E-state index in [-0.39, 0.29) is 20.1 Å². The number of para-hydroxylation sites is 1. The molecule has 275 valence electrons. The van der Waals surface area contributed by atoms with Gasteiger partial charge in [-0.15, -0.1) is 47.0 Å². The molecule has 0 unspecified atom stereocenters. The molecule has 3 aliphatic rings. The van der Waals surface area contributed by atoms with Gasteiger partial charge in [-0.3, -0.25) is 0 Å². The summed E-state index contributed by atoms with van der Waals surface area (Å²) in [4.78, 5) is 9.59. The average Bonchev–Trinajstić information content (AvgIpc) is 3.60. The van der Waals surface area contributed by atoms with E-state index < -0.39 is 8.07 Å². The molecular formula is C49H48IrN2OSi-2. The first kappa shape index (κ1) is 36.8. The maximum atomic E-state index is 6.56. The Bertz CT molecular complexity index is 2460. The van der Waals surface area contributed by atoms with E-state index in [1.54, 1.807) is 0 Å². The first-order valence-corrected chi connectivity index (χ1v) is 23.4. The number of aromatic nitrogens is 2. The Hall–Kier alpha value is -4.15. The number of hydrogen-bond donors (Lipinski definition) is 0. The Balaban J connectivity index is 0.000000170. The summed E-state index contributed by atoms with van der Waals surface area (Å²) in [7, 11) is -1.26. The summed E-state index contributed by atoms with van der Waals surface area (Å²) in [6, 6.07) is 35.5. The van der Waals surface area contributed by atoms with Crippen molar-refractivity contribution in [2.75, 3.05) is 0 Å². The molecule has 5 heteroatoms. The third-order valence-corrected chi connectivity index (χ3v) is 13.9. The third-order valence-electron chi connectivity index (χ3n) is 11.9. The van der Waals surface area contributed by atoms with Gasteiger partial charge in [0.1, 0.15) is 5.58 Å². The van der Waals surface area contributed by atoms with Gasteiger partial charge in [-0.1, -0.05) is 115 Å². The van der Waals surface area contributed by atoms with Crippen LogP contribution in [-0.2, 0) is 58.6 Å². The Morgan fingerprint density at radius 1 is 0.611 bits per heavy atom. The van der Waals surface area contributed by atoms with Gasteiger partial charge in [0.15, 0.2) is 0 Å². The van der Waals surface area contributed by atoms with Crippen LogP contribution in [0.1, 0.15) is 71.9 Å². The normalized spacial score (nSPS) is 15.0. The molecule has 0 fully saturated rings. The summed E-state index contributed by atoms with van der Waals surface area (Å²) in [5, 5.41) is 3.80. The molecule has 1 radical (unpaired) electrons. The summed E-state index contributed by atoms with van der Waals surface area (Å²) in [6.07, 6.45) is 18.6. The van der Waals surface area contributed by atoms with E-state index in [2.05, 4.69) is 117 Å². The number of furan rings is 1. The molecule has 4 aromatic carbocycles. The van der Waals surface area contributed by atoms with Crippen LogP contribution in [0.4, 0.5) is 0 Å². The minimum Gasteiger partial charge on any atom is -0.501 e. The molecule has 10 rings (SSSR count). The summed E-state index contributed by atoms with van der Waals surface area (Å²) < 4.78 is 6.56. The van der Waals surface area contributed by atoms with Gasteiger partial charge in [-0.25, -0.2) is 0 Å². The zero-order valence-corrected chi connectivity index (χ0v) is 35.2. The molecule has 54 heavy (non-hydrogen) atoms. The monoisotopic (exact) mass is 901 g/mol. The molecule has 3 heterocycles. The molecule has 3 aliphatic carbocycles. The number of benzene rings is 4. The number of pyridine rings is 2. The van der Waals surface area contributed by atoms with E-state index in [0.717, 1.165) is 47.4 Å². The van der Waals surface area contributed by atoms with Gasteiger partial charge in [0.05, 0.1) is 13.7 Å². The number of rotatable bonds is 4. The summed E-state index contributed by atoms with van der Waals surface area (Å²) >= 11 is 0. The second-order valence-electron chi connectivity index (χ2n) is 16.3. The predicted molar refractivity (Wildman–Crippen MR) is 223 cm³/mol. The van der Waals surface area contributed by atoms with Crippen LogP contribution in [0.25, 0.3) is 55.6 Å². The average molecular weight is 901 g/mol. The van der Waals surface area contributed by atoms with E-state index >= 15 is 0 Å². The van der Waals surface area contributed by atoms with Gasteiger partial charge in [0.2, 0.25) is 0 Å². The Kier molecular flexibility index (Phi) is 10.6. The standard InChI is InChI=1S/C31H26NO.C18H22NSi.Ir/c1-3-11-22-20(8-1)10-7-14-24(22)25-16-17-27(30-23-12-4-2-9-21(23)18-19-32-30)31-29(25)26-13-5-6-15-28(26)33-31;1-20(2,3)15-11-12-18(19-13-15)17-10-6-8-14-7-4-5-9-16(14)17;/h5-7,10,13-16,18-19H,1-4,8-9,11-12H2;6,8,11-13H,4-5,7,9H2,1-3H3;/q2*-1;. The maximum Gasteiger partial charge on any atom is 0.120 e. The van der Waals surface area contributed by atoms with Gasteiger partial charge in [0, 0.05) is 37.9 Å². The summed E-state index contributed by atoms with van der Waals surface area (Å²) in [5.41, 5.74) is 17.6. The fourth-order valence-corrected chi connectivity index (χ4v) is 10.0. The van der Waals surface area contributed by atoms with E-state index in [9.17, 15) is 0 Å². The fourth-order valence-electron chi connectivity index (χ4n) is 9.00. The Morgan fingerprint density at radius 3 is 2.07 bits per heavy atom. The van der Waals surface area contributed by atoms with E-state index in [1.807, 2.05) is 6.20 Å². The van der Waals surface area contributed by atoms with Crippen molar-refractivity contribution in [2.45, 2.75) is 96.7 Å². The van der Waals surface area contributed by atoms with Crippen molar-refractivity contribution < 1.29 is 24.5 Å². The van der Waals surface area contributed by atoms with Crippen molar-refractivity contribution in [3.63, 3.8) is 0 Å². The molecule has 0 aliphatic heterocycles. The van der Waals surface area contributed by atoms with Crippen molar-refractivity contribution in [3.05, 3.63) is 137 Å². The summed E-state index contributed by atoms with van der Waals surface area (Å²) in [5.74, 6) is 0. The maximum absolute atomic E-state index is 6.56. The second-order valence-corrected chi connectivity index (χ2v) is 21.4. The van der Waals surface area contributed by atoms with E-state index in [4.69, 9.17) is 14.4 Å². The molecule has 0 atom stereocenters. The fraction of sp³-hybridized carbons (Fsp3) is 0.306. The second kappa shape index (κ2) is 15.5. The van der Waals surface area contributed by atoms with Gasteiger partial charge < -0.3 is 14.4 Å². The summed E-state index contributed by atoms with van der Waals surface area (Å²) in [6.45, 7) is 7.08. The van der Waals surface area contributed by atoms with Crippen LogP contribution >= 0.6 is 0 Å². The van der Waals surface area contributed by atoms with E-state index in [0.29, 0.717) is 0 Å². The zero-order valence-electron chi connectivity index (χ0n) is 31.8. The minimum absolute atomic E-state index is 0. The molecule has 7 aromatic rings. The van der Waals surface area contributed by atoms with Gasteiger partial charge in [-0.05, 0) is 103 Å². The first-order valence-electron chi connectivity index (χ1n) is 19.9. The zero-order chi connectivity index (χ0) is 35.9. The molecule has 0 N–H and O–H groups in total.